The Balaban J connectivity index is 4.02. The van der Waals surface area contributed by atoms with E-state index in [-0.39, 0.29) is 0 Å². The molecule has 0 aliphatic heterocycles. The van der Waals surface area contributed by atoms with Crippen molar-refractivity contribution in [2.45, 2.75) is 0 Å². The first-order valence-corrected chi connectivity index (χ1v) is 1.75. The van der Waals surface area contributed by atoms with Crippen LogP contribution in [-0.4, -0.2) is 36.5 Å². The summed E-state index contributed by atoms with van der Waals surface area (Å²) in [5.74, 6) is 0. The Morgan fingerprint density at radius 3 is 2.00 bits per heavy atom. The van der Waals surface area contributed by atoms with Gasteiger partial charge in [-0.05, 0) is 0 Å². The molecule has 0 aromatic rings. The van der Waals surface area contributed by atoms with Gasteiger partial charge in [-0.3, -0.25) is 0 Å². The number of rotatable bonds is 4. The molecule has 0 amide bonds. The Hall–Kier alpha value is -0.120. The topological polar surface area (TPSA) is 49.7 Å². The number of hydrogen-bond acceptors (Lipinski definition) is 3. The van der Waals surface area contributed by atoms with Gasteiger partial charge >= 0.3 is 0 Å². The number of aliphatic hydroxyl groups is 2. The molecule has 0 saturated carbocycles. The second kappa shape index (κ2) is 5.88. The Bertz CT molecular complexity index is 113. The van der Waals surface area contributed by atoms with Crippen LogP contribution >= 0.6 is 0 Å². The van der Waals surface area contributed by atoms with Crippen molar-refractivity contribution in [2.24, 2.45) is 0 Å². The van der Waals surface area contributed by atoms with E-state index in [1.165, 1.54) is 0 Å². The van der Waals surface area contributed by atoms with E-state index < -0.39 is 26.3 Å². The van der Waals surface area contributed by atoms with Gasteiger partial charge < -0.3 is 14.9 Å². The largest absolute Gasteiger partial charge is 0.394 e. The zero-order valence-corrected chi connectivity index (χ0v) is 3.72. The Labute approximate surface area is 48.2 Å². The van der Waals surface area contributed by atoms with Crippen LogP contribution in [0.1, 0.15) is 5.48 Å². The fraction of sp³-hybridized carbons (Fsp3) is 1.00. The molecule has 3 heteroatoms. The minimum Gasteiger partial charge on any atom is -0.394 e. The second-order valence-electron chi connectivity index (χ2n) is 0.707. The molecule has 0 heterocycles. The fourth-order valence-corrected chi connectivity index (χ4v) is 0.116. The maximum absolute atomic E-state index is 8.30. The van der Waals surface area contributed by atoms with E-state index in [0.29, 0.717) is 0 Å². The van der Waals surface area contributed by atoms with Gasteiger partial charge in [0.15, 0.2) is 0 Å². The predicted molar refractivity (Wildman–Crippen MR) is 25.0 cm³/mol. The van der Waals surface area contributed by atoms with Crippen LogP contribution in [0.15, 0.2) is 0 Å². The fourth-order valence-electron chi connectivity index (χ4n) is 0.116. The SMILES string of the molecule is [2H]C([2H])(CO)OC([2H])([2H])CO. The van der Waals surface area contributed by atoms with E-state index in [1.807, 2.05) is 0 Å². The van der Waals surface area contributed by atoms with Crippen molar-refractivity contribution in [1.29, 1.82) is 0 Å². The molecule has 2 N–H and O–H groups in total. The van der Waals surface area contributed by atoms with Crippen molar-refractivity contribution >= 4 is 0 Å². The van der Waals surface area contributed by atoms with Crippen LogP contribution in [0.4, 0.5) is 0 Å². The molecule has 0 radical (unpaired) electrons. The lowest BCUT2D eigenvalue weighted by molar-refractivity contribution is 0.0650. The average molecular weight is 110 g/mol. The predicted octanol–water partition coefficient (Wildman–Crippen LogP) is -1.01. The lowest BCUT2D eigenvalue weighted by Gasteiger charge is -1.94. The lowest BCUT2D eigenvalue weighted by Crippen LogP contribution is -2.03. The highest BCUT2D eigenvalue weighted by atomic mass is 16.5. The summed E-state index contributed by atoms with van der Waals surface area (Å²) in [6, 6.07) is 0. The minimum absolute atomic E-state index is 0.952. The van der Waals surface area contributed by atoms with Crippen LogP contribution in [-0.2, 0) is 4.74 Å². The van der Waals surface area contributed by atoms with Gasteiger partial charge in [-0.25, -0.2) is 0 Å². The third kappa shape index (κ3) is 5.88. The van der Waals surface area contributed by atoms with Crippen molar-refractivity contribution < 1.29 is 20.4 Å². The van der Waals surface area contributed by atoms with E-state index in [2.05, 4.69) is 4.74 Å². The summed E-state index contributed by atoms with van der Waals surface area (Å²) < 4.78 is 31.2. The highest BCUT2D eigenvalue weighted by molar-refractivity contribution is 4.24. The average Bonchev–Trinajstić information content (AvgIpc) is 1.86. The van der Waals surface area contributed by atoms with E-state index in [1.54, 1.807) is 0 Å². The summed E-state index contributed by atoms with van der Waals surface area (Å²) in [4.78, 5) is 0. The molecule has 0 saturated heterocycles. The summed E-state index contributed by atoms with van der Waals surface area (Å²) in [6.45, 7) is -6.81. The molecule has 7 heavy (non-hydrogen) atoms. The Morgan fingerprint density at radius 1 is 1.29 bits per heavy atom. The molecule has 0 spiro atoms. The van der Waals surface area contributed by atoms with Crippen LogP contribution < -0.4 is 0 Å². The Morgan fingerprint density at radius 2 is 1.71 bits per heavy atom. The molecule has 0 atom stereocenters. The quantitative estimate of drug-likeness (QED) is 0.487. The number of hydrogen-bond donors (Lipinski definition) is 2. The monoisotopic (exact) mass is 110 g/mol. The summed E-state index contributed by atoms with van der Waals surface area (Å²) in [7, 11) is 0. The van der Waals surface area contributed by atoms with Crippen molar-refractivity contribution in [3.05, 3.63) is 0 Å². The van der Waals surface area contributed by atoms with E-state index in [0.717, 1.165) is 0 Å². The molecule has 0 aromatic heterocycles. The van der Waals surface area contributed by atoms with E-state index in [4.69, 9.17) is 15.7 Å². The normalized spacial score (nSPS) is 22.0. The third-order valence-corrected chi connectivity index (χ3v) is 0.273. The Kier molecular flexibility index (Phi) is 2.05. The lowest BCUT2D eigenvalue weighted by atomic mass is 10.7. The van der Waals surface area contributed by atoms with E-state index >= 15 is 0 Å². The smallest absolute Gasteiger partial charge is 0.0698 e. The van der Waals surface area contributed by atoms with Gasteiger partial charge in [-0.2, -0.15) is 0 Å². The molecule has 0 fully saturated rings. The maximum atomic E-state index is 8.30. The van der Waals surface area contributed by atoms with Gasteiger partial charge in [0.2, 0.25) is 0 Å². The van der Waals surface area contributed by atoms with Crippen LogP contribution in [0.5, 0.6) is 0 Å². The third-order valence-electron chi connectivity index (χ3n) is 0.273. The van der Waals surface area contributed by atoms with Gasteiger partial charge in [-0.15, -0.1) is 0 Å². The first-order chi connectivity index (χ1) is 4.83. The van der Waals surface area contributed by atoms with Crippen molar-refractivity contribution in [3.63, 3.8) is 0 Å². The molecule has 3 nitrogen and oxygen atoms in total. The molecule has 0 unspecified atom stereocenters. The van der Waals surface area contributed by atoms with Gasteiger partial charge in [0.1, 0.15) is 0 Å². The van der Waals surface area contributed by atoms with Crippen molar-refractivity contribution in [2.75, 3.05) is 26.3 Å². The van der Waals surface area contributed by atoms with Gasteiger partial charge in [-0.1, -0.05) is 0 Å². The van der Waals surface area contributed by atoms with Gasteiger partial charge in [0.25, 0.3) is 0 Å². The number of aliphatic hydroxyl groups excluding tert-OH is 2. The molecule has 0 bridgehead atoms. The van der Waals surface area contributed by atoms with E-state index in [9.17, 15) is 0 Å². The summed E-state index contributed by atoms with van der Waals surface area (Å²) >= 11 is 0. The first kappa shape index (κ1) is 2.44. The summed E-state index contributed by atoms with van der Waals surface area (Å²) in [6.07, 6.45) is 0. The van der Waals surface area contributed by atoms with Crippen LogP contribution in [0.25, 0.3) is 0 Å². The van der Waals surface area contributed by atoms with Crippen LogP contribution in [0.3, 0.4) is 0 Å². The highest BCUT2D eigenvalue weighted by Gasteiger charge is 1.79. The van der Waals surface area contributed by atoms with Gasteiger partial charge in [0.05, 0.1) is 31.8 Å². The standard InChI is InChI=1S/C4H10O3/c5-1-3-7-4-2-6/h5-6H,1-4H2/i3D2,4D2. The zero-order chi connectivity index (χ0) is 9.12. The summed E-state index contributed by atoms with van der Waals surface area (Å²) in [5, 5.41) is 16.6. The molecule has 0 rings (SSSR count). The van der Waals surface area contributed by atoms with Crippen molar-refractivity contribution in [1.82, 2.24) is 0 Å². The second-order valence-corrected chi connectivity index (χ2v) is 0.707. The molecular formula is C4H10O3. The maximum Gasteiger partial charge on any atom is 0.0698 e. The summed E-state index contributed by atoms with van der Waals surface area (Å²) in [5.41, 5.74) is 0. The minimum atomic E-state index is -2.45. The van der Waals surface area contributed by atoms with Gasteiger partial charge in [0, 0.05) is 0 Å². The van der Waals surface area contributed by atoms with Crippen LogP contribution in [0, 0.1) is 0 Å². The molecule has 0 aliphatic rings. The zero-order valence-electron chi connectivity index (χ0n) is 7.72. The highest BCUT2D eigenvalue weighted by Crippen LogP contribution is 1.68. The van der Waals surface area contributed by atoms with Crippen LogP contribution in [0.2, 0.25) is 0 Å². The molecular weight excluding hydrogens is 96.0 g/mol. The molecule has 0 aliphatic carbocycles. The first-order valence-electron chi connectivity index (χ1n) is 3.75. The number of ether oxygens (including phenoxy) is 1. The molecule has 0 aromatic carbocycles. The van der Waals surface area contributed by atoms with Crippen molar-refractivity contribution in [3.8, 4) is 0 Å². The molecule has 44 valence electrons.